The fourth-order valence-electron chi connectivity index (χ4n) is 2.58. The number of anilines is 1. The molecule has 0 spiro atoms. The summed E-state index contributed by atoms with van der Waals surface area (Å²) in [6.45, 7) is 1.70. The molecule has 0 aliphatic heterocycles. The third-order valence-electron chi connectivity index (χ3n) is 4.25. The van der Waals surface area contributed by atoms with Crippen molar-refractivity contribution in [1.82, 2.24) is 4.98 Å². The highest BCUT2D eigenvalue weighted by molar-refractivity contribution is 5.94. The topological polar surface area (TPSA) is 89.0 Å². The van der Waals surface area contributed by atoms with Gasteiger partial charge < -0.3 is 14.6 Å². The molecule has 0 bridgehead atoms. The normalized spacial score (nSPS) is 11.4. The number of aromatic hydroxyl groups is 1. The van der Waals surface area contributed by atoms with Crippen LogP contribution in [0.25, 0.3) is 0 Å². The van der Waals surface area contributed by atoms with Crippen LogP contribution in [0.3, 0.4) is 0 Å². The SMILES string of the molecule is CC(OC(=O)c1cc(OC(=O)N(C)c2ccccc2)ccc1O)c1cccnc1. The van der Waals surface area contributed by atoms with Gasteiger partial charge in [0.25, 0.3) is 0 Å². The first kappa shape index (κ1) is 19.9. The van der Waals surface area contributed by atoms with E-state index in [4.69, 9.17) is 9.47 Å². The number of phenols is 1. The first-order chi connectivity index (χ1) is 14.0. The summed E-state index contributed by atoms with van der Waals surface area (Å²) in [4.78, 5) is 30.2. The molecule has 148 valence electrons. The number of pyridine rings is 1. The zero-order chi connectivity index (χ0) is 20.8. The number of rotatable bonds is 5. The van der Waals surface area contributed by atoms with Crippen LogP contribution in [0.4, 0.5) is 10.5 Å². The van der Waals surface area contributed by atoms with Gasteiger partial charge in [0.1, 0.15) is 23.2 Å². The molecule has 1 unspecified atom stereocenters. The van der Waals surface area contributed by atoms with E-state index in [1.54, 1.807) is 62.8 Å². The summed E-state index contributed by atoms with van der Waals surface area (Å²) in [5.74, 6) is -0.908. The zero-order valence-electron chi connectivity index (χ0n) is 16.0. The maximum absolute atomic E-state index is 12.5. The molecule has 0 saturated carbocycles. The number of nitrogens with zero attached hydrogens (tertiary/aromatic N) is 2. The Morgan fingerprint density at radius 3 is 2.52 bits per heavy atom. The molecule has 1 amide bonds. The Hall–Kier alpha value is -3.87. The fraction of sp³-hybridized carbons (Fsp3) is 0.136. The molecule has 7 nitrogen and oxygen atoms in total. The van der Waals surface area contributed by atoms with Crippen LogP contribution in [0.1, 0.15) is 28.9 Å². The van der Waals surface area contributed by atoms with Crippen LogP contribution in [0.2, 0.25) is 0 Å². The smallest absolute Gasteiger partial charge is 0.419 e. The van der Waals surface area contributed by atoms with Crippen molar-refractivity contribution < 1.29 is 24.2 Å². The Balaban J connectivity index is 1.72. The molecule has 0 aliphatic carbocycles. The highest BCUT2D eigenvalue weighted by Crippen LogP contribution is 2.27. The van der Waals surface area contributed by atoms with Crippen LogP contribution in [-0.4, -0.2) is 29.2 Å². The van der Waals surface area contributed by atoms with E-state index in [2.05, 4.69) is 4.98 Å². The van der Waals surface area contributed by atoms with Gasteiger partial charge in [-0.15, -0.1) is 0 Å². The van der Waals surface area contributed by atoms with E-state index in [0.29, 0.717) is 11.3 Å². The number of phenolic OH excluding ortho intramolecular Hbond substituents is 1. The number of para-hydroxylation sites is 1. The first-order valence-corrected chi connectivity index (χ1v) is 8.90. The Morgan fingerprint density at radius 2 is 1.83 bits per heavy atom. The van der Waals surface area contributed by atoms with Gasteiger partial charge in [-0.3, -0.25) is 9.88 Å². The zero-order valence-corrected chi connectivity index (χ0v) is 16.0. The number of esters is 1. The molecule has 2 aromatic carbocycles. The lowest BCUT2D eigenvalue weighted by atomic mass is 10.1. The molecule has 0 saturated heterocycles. The van der Waals surface area contributed by atoms with Crippen molar-refractivity contribution in [2.24, 2.45) is 0 Å². The average Bonchev–Trinajstić information content (AvgIpc) is 2.75. The summed E-state index contributed by atoms with van der Waals surface area (Å²) in [7, 11) is 1.57. The van der Waals surface area contributed by atoms with E-state index in [9.17, 15) is 14.7 Å². The molecular formula is C22H20N2O5. The highest BCUT2D eigenvalue weighted by Gasteiger charge is 2.20. The number of hydrogen-bond acceptors (Lipinski definition) is 6. The average molecular weight is 392 g/mol. The third-order valence-corrected chi connectivity index (χ3v) is 4.25. The van der Waals surface area contributed by atoms with Gasteiger partial charge in [0.15, 0.2) is 0 Å². The van der Waals surface area contributed by atoms with Gasteiger partial charge in [0, 0.05) is 30.7 Å². The van der Waals surface area contributed by atoms with E-state index < -0.39 is 18.2 Å². The third kappa shape index (κ3) is 4.90. The van der Waals surface area contributed by atoms with Crippen molar-refractivity contribution in [1.29, 1.82) is 0 Å². The van der Waals surface area contributed by atoms with Crippen molar-refractivity contribution >= 4 is 17.7 Å². The molecule has 1 N–H and O–H groups in total. The second-order valence-electron chi connectivity index (χ2n) is 6.28. The summed E-state index contributed by atoms with van der Waals surface area (Å²) in [6, 6.07) is 16.4. The van der Waals surface area contributed by atoms with Crippen LogP contribution >= 0.6 is 0 Å². The minimum Gasteiger partial charge on any atom is -0.507 e. The monoisotopic (exact) mass is 392 g/mol. The quantitative estimate of drug-likeness (QED) is 0.650. The van der Waals surface area contributed by atoms with Gasteiger partial charge in [0.05, 0.1) is 0 Å². The summed E-state index contributed by atoms with van der Waals surface area (Å²) >= 11 is 0. The number of carbonyl (C=O) groups is 2. The Kier molecular flexibility index (Phi) is 6.09. The summed E-state index contributed by atoms with van der Waals surface area (Å²) in [5.41, 5.74) is 1.27. The summed E-state index contributed by atoms with van der Waals surface area (Å²) in [6.07, 6.45) is 2.01. The number of benzene rings is 2. The molecule has 7 heteroatoms. The summed E-state index contributed by atoms with van der Waals surface area (Å²) < 4.78 is 10.7. The number of carbonyl (C=O) groups excluding carboxylic acids is 2. The van der Waals surface area contributed by atoms with E-state index in [1.807, 2.05) is 6.07 Å². The highest BCUT2D eigenvalue weighted by atomic mass is 16.6. The minimum atomic E-state index is -0.742. The van der Waals surface area contributed by atoms with Crippen LogP contribution < -0.4 is 9.64 Å². The second-order valence-corrected chi connectivity index (χ2v) is 6.28. The maximum Gasteiger partial charge on any atom is 0.419 e. The van der Waals surface area contributed by atoms with Crippen molar-refractivity contribution in [3.8, 4) is 11.5 Å². The van der Waals surface area contributed by atoms with Gasteiger partial charge >= 0.3 is 12.1 Å². The molecule has 29 heavy (non-hydrogen) atoms. The van der Waals surface area contributed by atoms with E-state index in [-0.39, 0.29) is 17.1 Å². The largest absolute Gasteiger partial charge is 0.507 e. The number of amides is 1. The molecular weight excluding hydrogens is 372 g/mol. The lowest BCUT2D eigenvalue weighted by molar-refractivity contribution is 0.0333. The molecule has 1 atom stereocenters. The van der Waals surface area contributed by atoms with Crippen molar-refractivity contribution in [2.45, 2.75) is 13.0 Å². The molecule has 0 radical (unpaired) electrons. The lowest BCUT2D eigenvalue weighted by Gasteiger charge is -2.17. The fourth-order valence-corrected chi connectivity index (χ4v) is 2.58. The van der Waals surface area contributed by atoms with Crippen LogP contribution in [-0.2, 0) is 4.74 Å². The number of hydrogen-bond donors (Lipinski definition) is 1. The standard InChI is InChI=1S/C22H20N2O5/c1-15(16-7-6-12-23-14-16)28-21(26)19-13-18(10-11-20(19)25)29-22(27)24(2)17-8-4-3-5-9-17/h3-15,25H,1-2H3. The predicted octanol–water partition coefficient (Wildman–Crippen LogP) is 4.34. The maximum atomic E-state index is 12.5. The van der Waals surface area contributed by atoms with Crippen LogP contribution in [0, 0.1) is 0 Å². The molecule has 0 fully saturated rings. The first-order valence-electron chi connectivity index (χ1n) is 8.90. The summed E-state index contributed by atoms with van der Waals surface area (Å²) in [5, 5.41) is 10.0. The van der Waals surface area contributed by atoms with Gasteiger partial charge in [-0.05, 0) is 43.3 Å². The Bertz CT molecular complexity index is 993. The van der Waals surface area contributed by atoms with E-state index >= 15 is 0 Å². The van der Waals surface area contributed by atoms with Crippen molar-refractivity contribution in [3.63, 3.8) is 0 Å². The van der Waals surface area contributed by atoms with E-state index in [0.717, 1.165) is 0 Å². The van der Waals surface area contributed by atoms with Gasteiger partial charge in [-0.1, -0.05) is 24.3 Å². The lowest BCUT2D eigenvalue weighted by Crippen LogP contribution is -2.29. The molecule has 3 aromatic rings. The van der Waals surface area contributed by atoms with Crippen LogP contribution in [0.5, 0.6) is 11.5 Å². The Morgan fingerprint density at radius 1 is 1.07 bits per heavy atom. The molecule has 3 rings (SSSR count). The van der Waals surface area contributed by atoms with Gasteiger partial charge in [-0.25, -0.2) is 9.59 Å². The predicted molar refractivity (Wildman–Crippen MR) is 107 cm³/mol. The van der Waals surface area contributed by atoms with Crippen molar-refractivity contribution in [2.75, 3.05) is 11.9 Å². The van der Waals surface area contributed by atoms with Crippen LogP contribution in [0.15, 0.2) is 73.1 Å². The number of aromatic nitrogens is 1. The van der Waals surface area contributed by atoms with Gasteiger partial charge in [0.2, 0.25) is 0 Å². The molecule has 1 heterocycles. The Labute approximate surface area is 168 Å². The molecule has 0 aliphatic rings. The van der Waals surface area contributed by atoms with Gasteiger partial charge in [-0.2, -0.15) is 0 Å². The molecule has 1 aromatic heterocycles. The minimum absolute atomic E-state index is 0.103. The number of ether oxygens (including phenoxy) is 2. The second kappa shape index (κ2) is 8.88. The van der Waals surface area contributed by atoms with Crippen molar-refractivity contribution in [3.05, 3.63) is 84.2 Å². The van der Waals surface area contributed by atoms with E-state index in [1.165, 1.54) is 23.1 Å².